The van der Waals surface area contributed by atoms with Crippen LogP contribution in [-0.4, -0.2) is 23.6 Å². The lowest BCUT2D eigenvalue weighted by atomic mass is 9.99. The molecule has 1 aliphatic heterocycles. The molecule has 2 N–H and O–H groups in total. The number of piperidine rings is 1. The van der Waals surface area contributed by atoms with E-state index in [-0.39, 0.29) is 29.8 Å². The molecule has 100 valence electrons. The smallest absolute Gasteiger partial charge is 0.250 e. The van der Waals surface area contributed by atoms with Crippen molar-refractivity contribution in [3.05, 3.63) is 28.7 Å². The second-order valence-corrected chi connectivity index (χ2v) is 4.40. The van der Waals surface area contributed by atoms with E-state index in [0.717, 1.165) is 25.9 Å². The molecular formula is C12H18ClN3O2. The first kappa shape index (κ1) is 14.7. The molecule has 0 spiro atoms. The van der Waals surface area contributed by atoms with Gasteiger partial charge in [0.2, 0.25) is 11.5 Å². The van der Waals surface area contributed by atoms with Gasteiger partial charge in [-0.15, -0.1) is 12.4 Å². The van der Waals surface area contributed by atoms with Gasteiger partial charge in [0.25, 0.3) is 0 Å². The zero-order valence-electron chi connectivity index (χ0n) is 10.3. The summed E-state index contributed by atoms with van der Waals surface area (Å²) in [5.41, 5.74) is 0.588. The number of rotatable bonds is 2. The highest BCUT2D eigenvalue weighted by atomic mass is 35.5. The minimum atomic E-state index is -0.0812. The Morgan fingerprint density at radius 2 is 2.28 bits per heavy atom. The molecule has 1 saturated heterocycles. The molecule has 1 amide bonds. The molecule has 0 unspecified atom stereocenters. The van der Waals surface area contributed by atoms with Gasteiger partial charge < -0.3 is 15.2 Å². The van der Waals surface area contributed by atoms with Gasteiger partial charge in [0.1, 0.15) is 0 Å². The molecule has 6 heteroatoms. The van der Waals surface area contributed by atoms with Crippen LogP contribution in [0.4, 0.5) is 5.69 Å². The minimum Gasteiger partial charge on any atom is -0.325 e. The fourth-order valence-corrected chi connectivity index (χ4v) is 1.99. The number of anilines is 1. The number of amides is 1. The second-order valence-electron chi connectivity index (χ2n) is 4.40. The number of carbonyl (C=O) groups is 1. The van der Waals surface area contributed by atoms with E-state index < -0.39 is 0 Å². The van der Waals surface area contributed by atoms with E-state index >= 15 is 0 Å². The van der Waals surface area contributed by atoms with Gasteiger partial charge in [-0.25, -0.2) is 0 Å². The van der Waals surface area contributed by atoms with Crippen LogP contribution in [0.2, 0.25) is 0 Å². The van der Waals surface area contributed by atoms with Crippen LogP contribution in [0.15, 0.2) is 23.1 Å². The van der Waals surface area contributed by atoms with Crippen molar-refractivity contribution < 1.29 is 4.79 Å². The summed E-state index contributed by atoms with van der Waals surface area (Å²) in [4.78, 5) is 23.1. The third kappa shape index (κ3) is 3.58. The van der Waals surface area contributed by atoms with Gasteiger partial charge in [0.05, 0.1) is 11.6 Å². The van der Waals surface area contributed by atoms with Gasteiger partial charge in [-0.3, -0.25) is 9.59 Å². The number of nitrogens with zero attached hydrogens (tertiary/aromatic N) is 1. The minimum absolute atomic E-state index is 0. The van der Waals surface area contributed by atoms with E-state index in [1.54, 1.807) is 19.3 Å². The van der Waals surface area contributed by atoms with Gasteiger partial charge in [0.15, 0.2) is 0 Å². The average Bonchev–Trinajstić information content (AvgIpc) is 2.35. The van der Waals surface area contributed by atoms with Crippen molar-refractivity contribution in [2.45, 2.75) is 12.8 Å². The lowest BCUT2D eigenvalue weighted by Gasteiger charge is -2.21. The van der Waals surface area contributed by atoms with Crippen LogP contribution in [0.25, 0.3) is 0 Å². The highest BCUT2D eigenvalue weighted by molar-refractivity contribution is 5.92. The third-order valence-electron chi connectivity index (χ3n) is 3.02. The molecular weight excluding hydrogens is 254 g/mol. The summed E-state index contributed by atoms with van der Waals surface area (Å²) in [5.74, 6) is 0.0526. The quantitative estimate of drug-likeness (QED) is 0.834. The molecule has 1 atom stereocenters. The van der Waals surface area contributed by atoms with Crippen molar-refractivity contribution in [1.82, 2.24) is 9.88 Å². The Morgan fingerprint density at radius 1 is 1.50 bits per heavy atom. The topological polar surface area (TPSA) is 63.1 Å². The Bertz CT molecular complexity index is 467. The predicted octanol–water partition coefficient (Wildman–Crippen LogP) is 0.745. The maximum absolute atomic E-state index is 11.9. The van der Waals surface area contributed by atoms with E-state index in [9.17, 15) is 9.59 Å². The molecule has 2 rings (SSSR count). The number of halogens is 1. The van der Waals surface area contributed by atoms with E-state index in [1.165, 1.54) is 10.6 Å². The molecule has 0 aromatic carbocycles. The Hall–Kier alpha value is -1.33. The Labute approximate surface area is 112 Å². The molecule has 0 radical (unpaired) electrons. The van der Waals surface area contributed by atoms with Crippen LogP contribution in [-0.2, 0) is 11.8 Å². The lowest BCUT2D eigenvalue weighted by molar-refractivity contribution is -0.120. The first-order chi connectivity index (χ1) is 8.16. The molecule has 5 nitrogen and oxygen atoms in total. The SMILES string of the molecule is Cl.Cn1cc(NC(=O)[C@@H]2CCCNC2)ccc1=O. The fourth-order valence-electron chi connectivity index (χ4n) is 1.99. The molecule has 1 fully saturated rings. The average molecular weight is 272 g/mol. The van der Waals surface area contributed by atoms with Crippen molar-refractivity contribution in [2.75, 3.05) is 18.4 Å². The number of carbonyl (C=O) groups excluding carboxylic acids is 1. The predicted molar refractivity (Wildman–Crippen MR) is 73.2 cm³/mol. The number of hydrogen-bond acceptors (Lipinski definition) is 3. The van der Waals surface area contributed by atoms with Gasteiger partial charge >= 0.3 is 0 Å². The van der Waals surface area contributed by atoms with Crippen molar-refractivity contribution >= 4 is 24.0 Å². The summed E-state index contributed by atoms with van der Waals surface area (Å²) >= 11 is 0. The molecule has 2 heterocycles. The standard InChI is InChI=1S/C12H17N3O2.ClH/c1-15-8-10(4-5-11(15)16)14-12(17)9-3-2-6-13-7-9;/h4-5,8-9,13H,2-3,6-7H2,1H3,(H,14,17);1H/t9-;/m1./s1. The van der Waals surface area contributed by atoms with E-state index in [1.807, 2.05) is 0 Å². The monoisotopic (exact) mass is 271 g/mol. The molecule has 0 bridgehead atoms. The number of nitrogens with one attached hydrogen (secondary N) is 2. The lowest BCUT2D eigenvalue weighted by Crippen LogP contribution is -2.37. The number of hydrogen-bond donors (Lipinski definition) is 2. The van der Waals surface area contributed by atoms with Crippen molar-refractivity contribution in [2.24, 2.45) is 13.0 Å². The van der Waals surface area contributed by atoms with Gasteiger partial charge in [0, 0.05) is 25.9 Å². The molecule has 1 aromatic rings. The molecule has 0 saturated carbocycles. The summed E-state index contributed by atoms with van der Waals surface area (Å²) in [5, 5.41) is 6.05. The van der Waals surface area contributed by atoms with Crippen LogP contribution in [0.3, 0.4) is 0 Å². The molecule has 1 aromatic heterocycles. The largest absolute Gasteiger partial charge is 0.325 e. The maximum Gasteiger partial charge on any atom is 0.250 e. The van der Waals surface area contributed by atoms with E-state index in [0.29, 0.717) is 5.69 Å². The highest BCUT2D eigenvalue weighted by Crippen LogP contribution is 2.13. The van der Waals surface area contributed by atoms with E-state index in [2.05, 4.69) is 10.6 Å². The highest BCUT2D eigenvalue weighted by Gasteiger charge is 2.20. The Balaban J connectivity index is 0.00000162. The third-order valence-corrected chi connectivity index (χ3v) is 3.02. The van der Waals surface area contributed by atoms with Crippen molar-refractivity contribution in [1.29, 1.82) is 0 Å². The van der Waals surface area contributed by atoms with Crippen LogP contribution < -0.4 is 16.2 Å². The molecule has 1 aliphatic rings. The number of aryl methyl sites for hydroxylation is 1. The van der Waals surface area contributed by atoms with Crippen LogP contribution >= 0.6 is 12.4 Å². The normalized spacial score (nSPS) is 18.8. The first-order valence-electron chi connectivity index (χ1n) is 5.85. The summed E-state index contributed by atoms with van der Waals surface area (Å²) in [6.45, 7) is 1.72. The van der Waals surface area contributed by atoms with E-state index in [4.69, 9.17) is 0 Å². The molecule has 18 heavy (non-hydrogen) atoms. The molecule has 0 aliphatic carbocycles. The number of pyridine rings is 1. The summed E-state index contributed by atoms with van der Waals surface area (Å²) in [6.07, 6.45) is 3.59. The zero-order chi connectivity index (χ0) is 12.3. The van der Waals surface area contributed by atoms with Crippen LogP contribution in [0.1, 0.15) is 12.8 Å². The van der Waals surface area contributed by atoms with Crippen LogP contribution in [0.5, 0.6) is 0 Å². The van der Waals surface area contributed by atoms with Gasteiger partial charge in [-0.1, -0.05) is 0 Å². The summed E-state index contributed by atoms with van der Waals surface area (Å²) in [7, 11) is 1.67. The van der Waals surface area contributed by atoms with Crippen molar-refractivity contribution in [3.8, 4) is 0 Å². The fraction of sp³-hybridized carbons (Fsp3) is 0.500. The summed E-state index contributed by atoms with van der Waals surface area (Å²) < 4.78 is 1.45. The Morgan fingerprint density at radius 3 is 2.89 bits per heavy atom. The van der Waals surface area contributed by atoms with Crippen molar-refractivity contribution in [3.63, 3.8) is 0 Å². The van der Waals surface area contributed by atoms with Crippen LogP contribution in [0, 0.1) is 5.92 Å². The Kier molecular flexibility index (Phi) is 5.37. The van der Waals surface area contributed by atoms with Gasteiger partial charge in [-0.05, 0) is 25.5 Å². The van der Waals surface area contributed by atoms with Gasteiger partial charge in [-0.2, -0.15) is 0 Å². The zero-order valence-corrected chi connectivity index (χ0v) is 11.1. The number of aromatic nitrogens is 1. The summed E-state index contributed by atoms with van der Waals surface area (Å²) in [6, 6.07) is 3.09. The second kappa shape index (κ2) is 6.56. The first-order valence-corrected chi connectivity index (χ1v) is 5.85. The maximum atomic E-state index is 11.9.